The zero-order valence-electron chi connectivity index (χ0n) is 10.4. The number of benzene rings is 1. The first-order valence-corrected chi connectivity index (χ1v) is 6.02. The van der Waals surface area contributed by atoms with Gasteiger partial charge in [0, 0.05) is 18.7 Å². The van der Waals surface area contributed by atoms with Gasteiger partial charge < -0.3 is 10.1 Å². The zero-order chi connectivity index (χ0) is 11.6. The van der Waals surface area contributed by atoms with E-state index in [1.165, 1.54) is 11.1 Å². The van der Waals surface area contributed by atoms with Crippen LogP contribution in [0.4, 0.5) is 0 Å². The molecule has 2 rings (SSSR count). The average Bonchev–Trinajstić information content (AvgIpc) is 2.59. The second-order valence-electron chi connectivity index (χ2n) is 5.02. The van der Waals surface area contributed by atoms with E-state index in [0.29, 0.717) is 6.10 Å². The summed E-state index contributed by atoms with van der Waals surface area (Å²) >= 11 is 0. The van der Waals surface area contributed by atoms with Gasteiger partial charge in [-0.1, -0.05) is 29.8 Å². The van der Waals surface area contributed by atoms with Gasteiger partial charge in [0.15, 0.2) is 0 Å². The normalized spacial score (nSPS) is 29.6. The summed E-state index contributed by atoms with van der Waals surface area (Å²) in [6, 6.07) is 8.69. The van der Waals surface area contributed by atoms with Crippen molar-refractivity contribution in [2.45, 2.75) is 45.4 Å². The van der Waals surface area contributed by atoms with Crippen LogP contribution in [-0.2, 0) is 11.3 Å². The number of ether oxygens (including phenoxy) is 1. The second-order valence-corrected chi connectivity index (χ2v) is 5.02. The lowest BCUT2D eigenvalue weighted by atomic mass is 9.94. The van der Waals surface area contributed by atoms with Crippen LogP contribution in [0.25, 0.3) is 0 Å². The summed E-state index contributed by atoms with van der Waals surface area (Å²) in [5, 5.41) is 3.62. The second kappa shape index (κ2) is 4.56. The van der Waals surface area contributed by atoms with Crippen molar-refractivity contribution in [3.63, 3.8) is 0 Å². The van der Waals surface area contributed by atoms with Crippen LogP contribution in [0.5, 0.6) is 0 Å². The summed E-state index contributed by atoms with van der Waals surface area (Å²) in [4.78, 5) is 0. The van der Waals surface area contributed by atoms with Gasteiger partial charge in [-0.05, 0) is 32.8 Å². The Bertz CT molecular complexity index is 346. The summed E-state index contributed by atoms with van der Waals surface area (Å²) in [6.45, 7) is 8.31. The zero-order valence-corrected chi connectivity index (χ0v) is 10.4. The van der Waals surface area contributed by atoms with E-state index in [1.54, 1.807) is 0 Å². The highest BCUT2D eigenvalue weighted by Crippen LogP contribution is 2.25. The highest BCUT2D eigenvalue weighted by atomic mass is 16.5. The molecule has 1 fully saturated rings. The summed E-state index contributed by atoms with van der Waals surface area (Å²) in [6.07, 6.45) is 1.40. The molecule has 88 valence electrons. The van der Waals surface area contributed by atoms with Crippen LogP contribution in [0.2, 0.25) is 0 Å². The van der Waals surface area contributed by atoms with Gasteiger partial charge in [0.05, 0.1) is 6.10 Å². The molecule has 1 aliphatic rings. The van der Waals surface area contributed by atoms with Gasteiger partial charge >= 0.3 is 0 Å². The molecular weight excluding hydrogens is 198 g/mol. The predicted molar refractivity (Wildman–Crippen MR) is 66.5 cm³/mol. The predicted octanol–water partition coefficient (Wildman–Crippen LogP) is 2.65. The van der Waals surface area contributed by atoms with E-state index < -0.39 is 0 Å². The number of hydrogen-bond donors (Lipinski definition) is 1. The molecule has 0 aliphatic carbocycles. The topological polar surface area (TPSA) is 21.3 Å². The number of aryl methyl sites for hydroxylation is 1. The fourth-order valence-corrected chi connectivity index (χ4v) is 2.08. The van der Waals surface area contributed by atoms with Crippen LogP contribution in [-0.4, -0.2) is 18.2 Å². The Balaban J connectivity index is 1.94. The van der Waals surface area contributed by atoms with Crippen LogP contribution in [0, 0.1) is 6.92 Å². The summed E-state index contributed by atoms with van der Waals surface area (Å²) in [7, 11) is 0. The molecule has 0 spiro atoms. The number of hydrogen-bond acceptors (Lipinski definition) is 2. The molecule has 1 aromatic carbocycles. The van der Waals surface area contributed by atoms with Crippen molar-refractivity contribution in [3.05, 3.63) is 35.4 Å². The molecule has 2 heteroatoms. The average molecular weight is 219 g/mol. The largest absolute Gasteiger partial charge is 0.377 e. The van der Waals surface area contributed by atoms with E-state index in [-0.39, 0.29) is 5.54 Å². The van der Waals surface area contributed by atoms with E-state index in [2.05, 4.69) is 50.4 Å². The third-order valence-corrected chi connectivity index (χ3v) is 3.70. The van der Waals surface area contributed by atoms with Crippen molar-refractivity contribution in [1.82, 2.24) is 5.32 Å². The van der Waals surface area contributed by atoms with Crippen LogP contribution >= 0.6 is 0 Å². The van der Waals surface area contributed by atoms with Crippen LogP contribution in [0.1, 0.15) is 31.4 Å². The Morgan fingerprint density at radius 3 is 2.62 bits per heavy atom. The molecule has 2 unspecified atom stereocenters. The van der Waals surface area contributed by atoms with Crippen molar-refractivity contribution >= 4 is 0 Å². The Hall–Kier alpha value is -0.860. The molecule has 2 atom stereocenters. The van der Waals surface area contributed by atoms with Crippen molar-refractivity contribution in [2.24, 2.45) is 0 Å². The molecule has 1 heterocycles. The maximum atomic E-state index is 5.61. The van der Waals surface area contributed by atoms with Gasteiger partial charge in [-0.25, -0.2) is 0 Å². The fraction of sp³-hybridized carbons (Fsp3) is 0.571. The monoisotopic (exact) mass is 219 g/mol. The van der Waals surface area contributed by atoms with Gasteiger partial charge in [-0.3, -0.25) is 0 Å². The molecule has 1 aromatic rings. The lowest BCUT2D eigenvalue weighted by molar-refractivity contribution is 0.0881. The van der Waals surface area contributed by atoms with Crippen molar-refractivity contribution < 1.29 is 4.74 Å². The molecule has 0 amide bonds. The van der Waals surface area contributed by atoms with Gasteiger partial charge in [0.1, 0.15) is 0 Å². The Labute approximate surface area is 98.0 Å². The molecule has 0 aromatic heterocycles. The first-order valence-electron chi connectivity index (χ1n) is 6.02. The molecule has 1 N–H and O–H groups in total. The van der Waals surface area contributed by atoms with Gasteiger partial charge in [-0.15, -0.1) is 0 Å². The van der Waals surface area contributed by atoms with E-state index in [9.17, 15) is 0 Å². The highest BCUT2D eigenvalue weighted by Gasteiger charge is 2.36. The maximum absolute atomic E-state index is 5.61. The SMILES string of the molecule is Cc1ccc(CNC2(C)CCOC2C)cc1. The summed E-state index contributed by atoms with van der Waals surface area (Å²) in [5.74, 6) is 0. The Kier molecular flexibility index (Phi) is 3.31. The summed E-state index contributed by atoms with van der Waals surface area (Å²) < 4.78 is 5.61. The lowest BCUT2D eigenvalue weighted by Gasteiger charge is -2.29. The molecule has 16 heavy (non-hydrogen) atoms. The molecule has 0 radical (unpaired) electrons. The summed E-state index contributed by atoms with van der Waals surface area (Å²) in [5.41, 5.74) is 2.78. The maximum Gasteiger partial charge on any atom is 0.0726 e. The Morgan fingerprint density at radius 2 is 2.06 bits per heavy atom. The smallest absolute Gasteiger partial charge is 0.0726 e. The molecule has 1 aliphatic heterocycles. The van der Waals surface area contributed by atoms with Crippen molar-refractivity contribution in [1.29, 1.82) is 0 Å². The van der Waals surface area contributed by atoms with Crippen LogP contribution in [0.3, 0.4) is 0 Å². The van der Waals surface area contributed by atoms with Gasteiger partial charge in [-0.2, -0.15) is 0 Å². The number of rotatable bonds is 3. The fourth-order valence-electron chi connectivity index (χ4n) is 2.08. The first-order chi connectivity index (χ1) is 7.60. The van der Waals surface area contributed by atoms with Gasteiger partial charge in [0.2, 0.25) is 0 Å². The minimum atomic E-state index is 0.130. The molecular formula is C14H21NO. The molecule has 2 nitrogen and oxygen atoms in total. The molecule has 1 saturated heterocycles. The van der Waals surface area contributed by atoms with Crippen LogP contribution < -0.4 is 5.32 Å². The minimum Gasteiger partial charge on any atom is -0.377 e. The first kappa shape index (κ1) is 11.6. The lowest BCUT2D eigenvalue weighted by Crippen LogP contribution is -2.47. The quantitative estimate of drug-likeness (QED) is 0.844. The van der Waals surface area contributed by atoms with E-state index in [4.69, 9.17) is 4.74 Å². The van der Waals surface area contributed by atoms with E-state index >= 15 is 0 Å². The van der Waals surface area contributed by atoms with E-state index in [0.717, 1.165) is 19.6 Å². The molecule has 0 bridgehead atoms. The Morgan fingerprint density at radius 1 is 1.38 bits per heavy atom. The third kappa shape index (κ3) is 2.45. The van der Waals surface area contributed by atoms with Crippen molar-refractivity contribution in [3.8, 4) is 0 Å². The van der Waals surface area contributed by atoms with Crippen molar-refractivity contribution in [2.75, 3.05) is 6.61 Å². The van der Waals surface area contributed by atoms with E-state index in [1.807, 2.05) is 0 Å². The standard InChI is InChI=1S/C14H21NO/c1-11-4-6-13(7-5-11)10-15-14(3)8-9-16-12(14)2/h4-7,12,15H,8-10H2,1-3H3. The van der Waals surface area contributed by atoms with Crippen LogP contribution in [0.15, 0.2) is 24.3 Å². The molecule has 0 saturated carbocycles. The number of nitrogens with one attached hydrogen (secondary N) is 1. The minimum absolute atomic E-state index is 0.130. The van der Waals surface area contributed by atoms with Gasteiger partial charge in [0.25, 0.3) is 0 Å². The third-order valence-electron chi connectivity index (χ3n) is 3.70. The highest BCUT2D eigenvalue weighted by molar-refractivity contribution is 5.21.